The number of carbonyl (C=O) groups excluding carboxylic acids is 1. The van der Waals surface area contributed by atoms with Gasteiger partial charge in [-0.15, -0.1) is 0 Å². The lowest BCUT2D eigenvalue weighted by Gasteiger charge is -2.16. The molecule has 4 nitrogen and oxygen atoms in total. The number of fused-ring (bicyclic) bond motifs is 1. The van der Waals surface area contributed by atoms with Crippen molar-refractivity contribution in [1.82, 2.24) is 0 Å². The number of nitrogens with two attached hydrogens (primary N) is 1. The van der Waals surface area contributed by atoms with Gasteiger partial charge in [0, 0.05) is 21.3 Å². The number of cyclic esters (lactones) is 1. The molecule has 0 radical (unpaired) electrons. The lowest BCUT2D eigenvalue weighted by atomic mass is 9.97. The van der Waals surface area contributed by atoms with Crippen molar-refractivity contribution in [3.05, 3.63) is 57.6 Å². The van der Waals surface area contributed by atoms with E-state index in [0.29, 0.717) is 22.6 Å². The first-order valence-corrected chi connectivity index (χ1v) is 6.84. The van der Waals surface area contributed by atoms with Gasteiger partial charge in [-0.3, -0.25) is 0 Å². The molecule has 1 heterocycles. The first kappa shape index (κ1) is 13.0. The van der Waals surface area contributed by atoms with E-state index in [9.17, 15) is 4.79 Å². The number of carbonyl (C=O) groups is 1. The zero-order chi connectivity index (χ0) is 14.3. The SMILES string of the molecule is COc1ccc(Br)cc1C1OC(=O)c2cccc(N)c21. The number of anilines is 1. The monoisotopic (exact) mass is 333 g/mol. The smallest absolute Gasteiger partial charge is 0.339 e. The first-order chi connectivity index (χ1) is 9.61. The van der Waals surface area contributed by atoms with Crippen LogP contribution in [0.4, 0.5) is 5.69 Å². The molecule has 102 valence electrons. The first-order valence-electron chi connectivity index (χ1n) is 6.04. The Hall–Kier alpha value is -2.01. The fraction of sp³-hybridized carbons (Fsp3) is 0.133. The molecule has 20 heavy (non-hydrogen) atoms. The maximum Gasteiger partial charge on any atom is 0.339 e. The molecule has 1 aliphatic rings. The Kier molecular flexibility index (Phi) is 3.14. The molecule has 1 atom stereocenters. The molecule has 0 amide bonds. The van der Waals surface area contributed by atoms with Crippen LogP contribution in [-0.4, -0.2) is 13.1 Å². The third-order valence-electron chi connectivity index (χ3n) is 3.32. The van der Waals surface area contributed by atoms with E-state index in [1.54, 1.807) is 25.3 Å². The van der Waals surface area contributed by atoms with E-state index in [0.717, 1.165) is 10.0 Å². The number of benzene rings is 2. The number of methoxy groups -OCH3 is 1. The highest BCUT2D eigenvalue weighted by molar-refractivity contribution is 9.10. The highest BCUT2D eigenvalue weighted by Gasteiger charge is 2.35. The summed E-state index contributed by atoms with van der Waals surface area (Å²) in [6, 6.07) is 10.8. The minimum absolute atomic E-state index is 0.362. The fourth-order valence-corrected chi connectivity index (χ4v) is 2.79. The second-order valence-electron chi connectivity index (χ2n) is 4.48. The fourth-order valence-electron chi connectivity index (χ4n) is 2.41. The van der Waals surface area contributed by atoms with Crippen molar-refractivity contribution in [1.29, 1.82) is 0 Å². The van der Waals surface area contributed by atoms with E-state index < -0.39 is 6.10 Å². The second kappa shape index (κ2) is 4.83. The lowest BCUT2D eigenvalue weighted by molar-refractivity contribution is 0.0453. The van der Waals surface area contributed by atoms with E-state index in [4.69, 9.17) is 15.2 Å². The molecule has 0 bridgehead atoms. The van der Waals surface area contributed by atoms with E-state index in [1.165, 1.54) is 0 Å². The number of hydrogen-bond acceptors (Lipinski definition) is 4. The highest BCUT2D eigenvalue weighted by Crippen LogP contribution is 2.43. The van der Waals surface area contributed by atoms with E-state index in [2.05, 4.69) is 15.9 Å². The van der Waals surface area contributed by atoms with Crippen LogP contribution in [-0.2, 0) is 4.74 Å². The molecule has 1 unspecified atom stereocenters. The van der Waals surface area contributed by atoms with Gasteiger partial charge in [-0.25, -0.2) is 4.79 Å². The molecular formula is C15H12BrNO3. The molecule has 0 aromatic heterocycles. The summed E-state index contributed by atoms with van der Waals surface area (Å²) in [6.45, 7) is 0. The zero-order valence-electron chi connectivity index (χ0n) is 10.7. The molecule has 0 saturated heterocycles. The Morgan fingerprint density at radius 2 is 2.10 bits per heavy atom. The third-order valence-corrected chi connectivity index (χ3v) is 3.81. The summed E-state index contributed by atoms with van der Waals surface area (Å²) < 4.78 is 11.7. The van der Waals surface area contributed by atoms with Crippen LogP contribution in [0, 0.1) is 0 Å². The number of ether oxygens (including phenoxy) is 2. The lowest BCUT2D eigenvalue weighted by Crippen LogP contribution is -2.05. The summed E-state index contributed by atoms with van der Waals surface area (Å²) in [5.74, 6) is 0.293. The van der Waals surface area contributed by atoms with Gasteiger partial charge in [0.15, 0.2) is 6.10 Å². The predicted octanol–water partition coefficient (Wildman–Crippen LogP) is 3.30. The van der Waals surface area contributed by atoms with Crippen molar-refractivity contribution in [2.45, 2.75) is 6.10 Å². The van der Waals surface area contributed by atoms with Crippen LogP contribution < -0.4 is 10.5 Å². The van der Waals surface area contributed by atoms with E-state index in [-0.39, 0.29) is 5.97 Å². The van der Waals surface area contributed by atoms with Gasteiger partial charge in [0.2, 0.25) is 0 Å². The highest BCUT2D eigenvalue weighted by atomic mass is 79.9. The summed E-state index contributed by atoms with van der Waals surface area (Å²) in [5, 5.41) is 0. The molecular weight excluding hydrogens is 322 g/mol. The summed E-state index contributed by atoms with van der Waals surface area (Å²) in [4.78, 5) is 12.0. The summed E-state index contributed by atoms with van der Waals surface area (Å²) in [7, 11) is 1.58. The largest absolute Gasteiger partial charge is 0.496 e. The van der Waals surface area contributed by atoms with Crippen molar-refractivity contribution in [2.75, 3.05) is 12.8 Å². The molecule has 2 aromatic rings. The van der Waals surface area contributed by atoms with Crippen molar-refractivity contribution in [3.8, 4) is 5.75 Å². The molecule has 1 aliphatic heterocycles. The van der Waals surface area contributed by atoms with Crippen LogP contribution in [0.3, 0.4) is 0 Å². The van der Waals surface area contributed by atoms with Crippen molar-refractivity contribution >= 4 is 27.6 Å². The van der Waals surface area contributed by atoms with Gasteiger partial charge in [-0.05, 0) is 30.3 Å². The molecule has 5 heteroatoms. The molecule has 2 aromatic carbocycles. The maximum absolute atomic E-state index is 12.0. The minimum atomic E-state index is -0.536. The third kappa shape index (κ3) is 1.94. The van der Waals surface area contributed by atoms with E-state index >= 15 is 0 Å². The van der Waals surface area contributed by atoms with Crippen LogP contribution in [0.15, 0.2) is 40.9 Å². The Balaban J connectivity index is 2.19. The van der Waals surface area contributed by atoms with Crippen molar-refractivity contribution in [2.24, 2.45) is 0 Å². The van der Waals surface area contributed by atoms with Gasteiger partial charge >= 0.3 is 5.97 Å². The Labute approximate surface area is 124 Å². The number of halogens is 1. The van der Waals surface area contributed by atoms with Gasteiger partial charge in [0.25, 0.3) is 0 Å². The molecule has 0 saturated carbocycles. The van der Waals surface area contributed by atoms with Gasteiger partial charge in [-0.2, -0.15) is 0 Å². The molecule has 3 rings (SSSR count). The molecule has 0 fully saturated rings. The Morgan fingerprint density at radius 1 is 1.30 bits per heavy atom. The van der Waals surface area contributed by atoms with Gasteiger partial charge in [-0.1, -0.05) is 22.0 Å². The average Bonchev–Trinajstić information content (AvgIpc) is 2.78. The van der Waals surface area contributed by atoms with Crippen LogP contribution in [0.5, 0.6) is 5.75 Å². The predicted molar refractivity (Wildman–Crippen MR) is 78.8 cm³/mol. The number of nitrogen functional groups attached to an aromatic ring is 1. The zero-order valence-corrected chi connectivity index (χ0v) is 12.3. The maximum atomic E-state index is 12.0. The number of hydrogen-bond donors (Lipinski definition) is 1. The number of rotatable bonds is 2. The normalized spacial score (nSPS) is 16.7. The summed E-state index contributed by atoms with van der Waals surface area (Å²) in [5.41, 5.74) is 8.53. The summed E-state index contributed by atoms with van der Waals surface area (Å²) in [6.07, 6.45) is -0.536. The Bertz CT molecular complexity index is 700. The van der Waals surface area contributed by atoms with Gasteiger partial charge in [0.05, 0.1) is 12.7 Å². The summed E-state index contributed by atoms with van der Waals surface area (Å²) >= 11 is 3.42. The average molecular weight is 334 g/mol. The standard InChI is InChI=1S/C15H12BrNO3/c1-19-12-6-5-8(16)7-10(12)14-13-9(15(18)20-14)3-2-4-11(13)17/h2-7,14H,17H2,1H3. The Morgan fingerprint density at radius 3 is 2.85 bits per heavy atom. The van der Waals surface area contributed by atoms with Crippen LogP contribution in [0.1, 0.15) is 27.6 Å². The second-order valence-corrected chi connectivity index (χ2v) is 5.40. The van der Waals surface area contributed by atoms with Crippen molar-refractivity contribution < 1.29 is 14.3 Å². The van der Waals surface area contributed by atoms with Crippen LogP contribution >= 0.6 is 15.9 Å². The molecule has 2 N–H and O–H groups in total. The number of esters is 1. The topological polar surface area (TPSA) is 61.5 Å². The van der Waals surface area contributed by atoms with E-state index in [1.807, 2.05) is 18.2 Å². The quantitative estimate of drug-likeness (QED) is 0.676. The van der Waals surface area contributed by atoms with Gasteiger partial charge in [0.1, 0.15) is 5.75 Å². The molecule has 0 aliphatic carbocycles. The molecule has 0 spiro atoms. The van der Waals surface area contributed by atoms with Gasteiger partial charge < -0.3 is 15.2 Å². The van der Waals surface area contributed by atoms with Crippen LogP contribution in [0.2, 0.25) is 0 Å². The minimum Gasteiger partial charge on any atom is -0.496 e. The van der Waals surface area contributed by atoms with Crippen molar-refractivity contribution in [3.63, 3.8) is 0 Å². The van der Waals surface area contributed by atoms with Crippen LogP contribution in [0.25, 0.3) is 0 Å².